The van der Waals surface area contributed by atoms with Gasteiger partial charge in [-0.25, -0.2) is 0 Å². The van der Waals surface area contributed by atoms with E-state index >= 15 is 0 Å². The first-order valence-corrected chi connectivity index (χ1v) is 12.0. The van der Waals surface area contributed by atoms with Gasteiger partial charge >= 0.3 is 0 Å². The molecule has 4 nitrogen and oxygen atoms in total. The minimum absolute atomic E-state index is 0.0564. The molecule has 4 aliphatic carbocycles. The Hall–Kier alpha value is -1.39. The standard InChI is InChI=1S/C26H34O4/c1-24-11-10-20-18(14-23-26(30-23)15-16(27)9-12-25(20,26)2)19(24)6-7-21(24)22(28)8-5-17-4-3-13-29-17/h3-5,8,13,16,18-21,23,27H,6-7,9-12,14-15H2,1-2H3/b8-5+/t16-,18-,19-,20-,21+,23-,24-,25+,26-/m0/s1. The molecule has 9 atom stereocenters. The largest absolute Gasteiger partial charge is 0.465 e. The molecule has 4 saturated carbocycles. The first-order chi connectivity index (χ1) is 14.4. The molecule has 1 aromatic rings. The number of rotatable bonds is 3. The lowest BCUT2D eigenvalue weighted by molar-refractivity contribution is -0.131. The van der Waals surface area contributed by atoms with Crippen molar-refractivity contribution in [3.8, 4) is 0 Å². The minimum atomic E-state index is -0.192. The summed E-state index contributed by atoms with van der Waals surface area (Å²) in [6.07, 6.45) is 13.9. The van der Waals surface area contributed by atoms with Gasteiger partial charge in [0.15, 0.2) is 5.78 Å². The van der Waals surface area contributed by atoms with E-state index in [0.717, 1.165) is 44.3 Å². The van der Waals surface area contributed by atoms with Crippen LogP contribution < -0.4 is 0 Å². The summed E-state index contributed by atoms with van der Waals surface area (Å²) in [6.45, 7) is 4.86. The fourth-order valence-corrected chi connectivity index (χ4v) is 8.79. The maximum Gasteiger partial charge on any atom is 0.159 e. The fourth-order valence-electron chi connectivity index (χ4n) is 8.79. The number of ether oxygens (including phenoxy) is 1. The van der Waals surface area contributed by atoms with Crippen molar-refractivity contribution in [3.05, 3.63) is 30.2 Å². The molecule has 6 rings (SSSR count). The molecule has 30 heavy (non-hydrogen) atoms. The maximum atomic E-state index is 13.2. The second-order valence-corrected chi connectivity index (χ2v) is 11.3. The van der Waals surface area contributed by atoms with Crippen LogP contribution in [0.5, 0.6) is 0 Å². The number of furan rings is 1. The van der Waals surface area contributed by atoms with Crippen LogP contribution in [0.2, 0.25) is 0 Å². The van der Waals surface area contributed by atoms with E-state index in [9.17, 15) is 9.90 Å². The van der Waals surface area contributed by atoms with Gasteiger partial charge in [0.1, 0.15) is 11.4 Å². The van der Waals surface area contributed by atoms with Crippen molar-refractivity contribution in [1.82, 2.24) is 0 Å². The predicted molar refractivity (Wildman–Crippen MR) is 113 cm³/mol. The van der Waals surface area contributed by atoms with Gasteiger partial charge in [0.25, 0.3) is 0 Å². The molecule has 4 heteroatoms. The molecular weight excluding hydrogens is 376 g/mol. The first-order valence-electron chi connectivity index (χ1n) is 12.0. The summed E-state index contributed by atoms with van der Waals surface area (Å²) >= 11 is 0. The zero-order valence-corrected chi connectivity index (χ0v) is 18.2. The van der Waals surface area contributed by atoms with Gasteiger partial charge in [0.2, 0.25) is 0 Å². The van der Waals surface area contributed by atoms with Crippen LogP contribution in [0, 0.1) is 34.5 Å². The smallest absolute Gasteiger partial charge is 0.159 e. The van der Waals surface area contributed by atoms with Crippen molar-refractivity contribution in [2.45, 2.75) is 83.0 Å². The summed E-state index contributed by atoms with van der Waals surface area (Å²) in [5.41, 5.74) is 0.243. The summed E-state index contributed by atoms with van der Waals surface area (Å²) < 4.78 is 11.8. The molecule has 0 amide bonds. The molecule has 1 spiro atoms. The number of ketones is 1. The molecule has 1 saturated heterocycles. The zero-order chi connectivity index (χ0) is 20.7. The second kappa shape index (κ2) is 6.32. The van der Waals surface area contributed by atoms with Crippen LogP contribution in [0.3, 0.4) is 0 Å². The van der Waals surface area contributed by atoms with E-state index < -0.39 is 0 Å². The maximum absolute atomic E-state index is 13.2. The summed E-state index contributed by atoms with van der Waals surface area (Å²) in [5.74, 6) is 3.10. The van der Waals surface area contributed by atoms with Crippen molar-refractivity contribution in [3.63, 3.8) is 0 Å². The van der Waals surface area contributed by atoms with E-state index in [4.69, 9.17) is 9.15 Å². The SMILES string of the molecule is C[C@]12CC[C@H]3[C@@H](C[C@@H]4O[C@@]45C[C@@H](O)CC[C@]35C)[C@@H]1CC[C@@H]2C(=O)/C=C/c1ccco1. The monoisotopic (exact) mass is 410 g/mol. The molecule has 0 unspecified atom stereocenters. The molecular formula is C26H34O4. The first kappa shape index (κ1) is 19.3. The van der Waals surface area contributed by atoms with Crippen molar-refractivity contribution in [2.24, 2.45) is 34.5 Å². The molecule has 0 bridgehead atoms. The van der Waals surface area contributed by atoms with E-state index in [1.807, 2.05) is 18.2 Å². The van der Waals surface area contributed by atoms with Crippen molar-refractivity contribution in [1.29, 1.82) is 0 Å². The van der Waals surface area contributed by atoms with E-state index in [-0.39, 0.29) is 34.2 Å². The molecule has 1 aromatic heterocycles. The highest BCUT2D eigenvalue weighted by Gasteiger charge is 2.76. The fraction of sp³-hybridized carbons (Fsp3) is 0.731. The highest BCUT2D eigenvalue weighted by atomic mass is 16.6. The summed E-state index contributed by atoms with van der Waals surface area (Å²) in [4.78, 5) is 13.2. The third-order valence-electron chi connectivity index (χ3n) is 10.4. The van der Waals surface area contributed by atoms with Crippen molar-refractivity contribution < 1.29 is 19.1 Å². The molecule has 5 fully saturated rings. The Morgan fingerprint density at radius 3 is 2.83 bits per heavy atom. The van der Waals surface area contributed by atoms with Crippen molar-refractivity contribution in [2.75, 3.05) is 0 Å². The van der Waals surface area contributed by atoms with Gasteiger partial charge in [0.05, 0.1) is 18.5 Å². The summed E-state index contributed by atoms with van der Waals surface area (Å²) in [6, 6.07) is 3.74. The van der Waals surface area contributed by atoms with E-state index in [0.29, 0.717) is 23.9 Å². The van der Waals surface area contributed by atoms with E-state index in [1.165, 1.54) is 12.8 Å². The summed E-state index contributed by atoms with van der Waals surface area (Å²) in [7, 11) is 0. The molecule has 1 aliphatic heterocycles. The lowest BCUT2D eigenvalue weighted by Crippen LogP contribution is -2.58. The van der Waals surface area contributed by atoms with Crippen LogP contribution in [0.1, 0.15) is 71.0 Å². The Kier molecular flexibility index (Phi) is 4.07. The van der Waals surface area contributed by atoms with Gasteiger partial charge in [-0.2, -0.15) is 0 Å². The van der Waals surface area contributed by atoms with Gasteiger partial charge in [0, 0.05) is 17.8 Å². The zero-order valence-electron chi connectivity index (χ0n) is 18.2. The van der Waals surface area contributed by atoms with Crippen LogP contribution in [0.25, 0.3) is 6.08 Å². The van der Waals surface area contributed by atoms with Crippen molar-refractivity contribution >= 4 is 11.9 Å². The predicted octanol–water partition coefficient (Wildman–Crippen LogP) is 5.01. The summed E-state index contributed by atoms with van der Waals surface area (Å²) in [5, 5.41) is 10.3. The third kappa shape index (κ3) is 2.44. The van der Waals surface area contributed by atoms with Crippen LogP contribution in [0.4, 0.5) is 0 Å². The van der Waals surface area contributed by atoms with Gasteiger partial charge < -0.3 is 14.3 Å². The lowest BCUT2D eigenvalue weighted by Gasteiger charge is -2.59. The Morgan fingerprint density at radius 1 is 1.17 bits per heavy atom. The van der Waals surface area contributed by atoms with Gasteiger partial charge in [-0.05, 0) is 92.4 Å². The number of aliphatic hydroxyl groups excluding tert-OH is 1. The molecule has 0 aromatic carbocycles. The number of hydrogen-bond donors (Lipinski definition) is 1. The Bertz CT molecular complexity index is 874. The molecule has 162 valence electrons. The highest BCUT2D eigenvalue weighted by molar-refractivity contribution is 5.95. The number of carbonyl (C=O) groups excluding carboxylic acids is 1. The van der Waals surface area contributed by atoms with Crippen LogP contribution >= 0.6 is 0 Å². The number of aliphatic hydroxyl groups is 1. The number of fused-ring (bicyclic) bond motifs is 4. The molecule has 0 radical (unpaired) electrons. The third-order valence-corrected chi connectivity index (χ3v) is 10.4. The second-order valence-electron chi connectivity index (χ2n) is 11.3. The lowest BCUT2D eigenvalue weighted by atomic mass is 9.44. The normalized spacial score (nSPS) is 51.7. The average Bonchev–Trinajstić information content (AvgIpc) is 3.06. The Balaban J connectivity index is 1.25. The Morgan fingerprint density at radius 2 is 2.03 bits per heavy atom. The quantitative estimate of drug-likeness (QED) is 0.562. The van der Waals surface area contributed by atoms with Crippen LogP contribution in [-0.4, -0.2) is 28.7 Å². The molecule has 5 aliphatic rings. The number of carbonyl (C=O) groups is 1. The minimum Gasteiger partial charge on any atom is -0.465 e. The topological polar surface area (TPSA) is 63.0 Å². The van der Waals surface area contributed by atoms with Crippen LogP contribution in [0.15, 0.2) is 28.9 Å². The van der Waals surface area contributed by atoms with Gasteiger partial charge in [-0.15, -0.1) is 0 Å². The number of allylic oxidation sites excluding steroid dienone is 1. The number of hydrogen-bond acceptors (Lipinski definition) is 4. The van der Waals surface area contributed by atoms with Crippen LogP contribution in [-0.2, 0) is 9.53 Å². The van der Waals surface area contributed by atoms with E-state index in [1.54, 1.807) is 12.3 Å². The van der Waals surface area contributed by atoms with Gasteiger partial charge in [-0.3, -0.25) is 4.79 Å². The highest BCUT2D eigenvalue weighted by Crippen LogP contribution is 2.73. The average molecular weight is 411 g/mol. The van der Waals surface area contributed by atoms with E-state index in [2.05, 4.69) is 13.8 Å². The number of epoxide rings is 1. The molecule has 2 heterocycles. The Labute approximate surface area is 179 Å². The molecule has 1 N–H and O–H groups in total. The van der Waals surface area contributed by atoms with Gasteiger partial charge in [-0.1, -0.05) is 13.8 Å².